The molecule has 0 aliphatic carbocycles. The summed E-state index contributed by atoms with van der Waals surface area (Å²) >= 11 is 1.67. The van der Waals surface area contributed by atoms with Crippen LogP contribution in [0.3, 0.4) is 0 Å². The van der Waals surface area contributed by atoms with Crippen molar-refractivity contribution in [1.29, 1.82) is 0 Å². The zero-order chi connectivity index (χ0) is 11.2. The first-order chi connectivity index (χ1) is 7.88. The Morgan fingerprint density at radius 2 is 2.25 bits per heavy atom. The van der Waals surface area contributed by atoms with E-state index >= 15 is 0 Å². The summed E-state index contributed by atoms with van der Waals surface area (Å²) in [5, 5.41) is 13.1. The Bertz CT molecular complexity index is 413. The van der Waals surface area contributed by atoms with Gasteiger partial charge in [-0.15, -0.1) is 16.4 Å². The third-order valence-electron chi connectivity index (χ3n) is 2.00. The normalized spacial score (nSPS) is 10.3. The molecule has 0 bridgehead atoms. The highest BCUT2D eigenvalue weighted by molar-refractivity contribution is 7.09. The lowest BCUT2D eigenvalue weighted by molar-refractivity contribution is 0.293. The SMILES string of the molecule is CNCc1ccc(OCc2cccs2)nn1. The first kappa shape index (κ1) is 11.0. The van der Waals surface area contributed by atoms with Crippen molar-refractivity contribution in [3.05, 3.63) is 40.2 Å². The average molecular weight is 235 g/mol. The molecule has 2 aromatic heterocycles. The van der Waals surface area contributed by atoms with Crippen LogP contribution in [0.5, 0.6) is 5.88 Å². The standard InChI is InChI=1S/C11H13N3OS/c1-12-7-9-4-5-11(14-13-9)15-8-10-3-2-6-16-10/h2-6,12H,7-8H2,1H3. The van der Waals surface area contributed by atoms with Crippen LogP contribution in [0.4, 0.5) is 0 Å². The largest absolute Gasteiger partial charge is 0.471 e. The van der Waals surface area contributed by atoms with Crippen molar-refractivity contribution >= 4 is 11.3 Å². The van der Waals surface area contributed by atoms with Crippen molar-refractivity contribution in [2.45, 2.75) is 13.2 Å². The zero-order valence-electron chi connectivity index (χ0n) is 9.01. The smallest absolute Gasteiger partial charge is 0.233 e. The monoisotopic (exact) mass is 235 g/mol. The van der Waals surface area contributed by atoms with Crippen LogP contribution in [-0.2, 0) is 13.2 Å². The van der Waals surface area contributed by atoms with Gasteiger partial charge in [-0.25, -0.2) is 0 Å². The van der Waals surface area contributed by atoms with Gasteiger partial charge in [0.1, 0.15) is 6.61 Å². The number of nitrogens with one attached hydrogen (secondary N) is 1. The maximum Gasteiger partial charge on any atom is 0.233 e. The minimum absolute atomic E-state index is 0.553. The molecule has 0 aromatic carbocycles. The van der Waals surface area contributed by atoms with Crippen LogP contribution in [0.2, 0.25) is 0 Å². The van der Waals surface area contributed by atoms with Gasteiger partial charge in [0.2, 0.25) is 5.88 Å². The summed E-state index contributed by atoms with van der Waals surface area (Å²) in [7, 11) is 1.88. The summed E-state index contributed by atoms with van der Waals surface area (Å²) in [6.45, 7) is 1.27. The van der Waals surface area contributed by atoms with Crippen LogP contribution in [0.25, 0.3) is 0 Å². The quantitative estimate of drug-likeness (QED) is 0.859. The highest BCUT2D eigenvalue weighted by Crippen LogP contribution is 2.12. The van der Waals surface area contributed by atoms with Crippen LogP contribution in [0, 0.1) is 0 Å². The molecule has 0 radical (unpaired) electrons. The molecular weight excluding hydrogens is 222 g/mol. The Balaban J connectivity index is 1.90. The van der Waals surface area contributed by atoms with E-state index in [-0.39, 0.29) is 0 Å². The number of thiophene rings is 1. The van der Waals surface area contributed by atoms with Gasteiger partial charge in [0.05, 0.1) is 5.69 Å². The lowest BCUT2D eigenvalue weighted by atomic mass is 10.4. The van der Waals surface area contributed by atoms with Gasteiger partial charge in [0, 0.05) is 17.5 Å². The minimum Gasteiger partial charge on any atom is -0.471 e. The van der Waals surface area contributed by atoms with E-state index in [2.05, 4.69) is 15.5 Å². The topological polar surface area (TPSA) is 47.0 Å². The Morgan fingerprint density at radius 3 is 2.88 bits per heavy atom. The molecule has 2 rings (SSSR count). The fraction of sp³-hybridized carbons (Fsp3) is 0.273. The predicted octanol–water partition coefficient (Wildman–Crippen LogP) is 1.84. The molecule has 0 unspecified atom stereocenters. The predicted molar refractivity (Wildman–Crippen MR) is 63.4 cm³/mol. The second kappa shape index (κ2) is 5.58. The Kier molecular flexibility index (Phi) is 3.85. The average Bonchev–Trinajstić information content (AvgIpc) is 2.82. The fourth-order valence-corrected chi connectivity index (χ4v) is 1.86. The molecule has 0 saturated carbocycles. The van der Waals surface area contributed by atoms with Crippen molar-refractivity contribution in [2.24, 2.45) is 0 Å². The van der Waals surface area contributed by atoms with E-state index in [4.69, 9.17) is 4.74 Å². The highest BCUT2D eigenvalue weighted by Gasteiger charge is 1.99. The van der Waals surface area contributed by atoms with Crippen molar-refractivity contribution < 1.29 is 4.74 Å². The van der Waals surface area contributed by atoms with Gasteiger partial charge in [-0.1, -0.05) is 6.07 Å². The molecular formula is C11H13N3OS. The molecule has 0 amide bonds. The van der Waals surface area contributed by atoms with E-state index in [1.807, 2.05) is 36.7 Å². The fourth-order valence-electron chi connectivity index (χ4n) is 1.24. The molecule has 5 heteroatoms. The van der Waals surface area contributed by atoms with Crippen LogP contribution < -0.4 is 10.1 Å². The molecule has 84 valence electrons. The number of rotatable bonds is 5. The van der Waals surface area contributed by atoms with E-state index in [9.17, 15) is 0 Å². The van der Waals surface area contributed by atoms with Crippen LogP contribution in [-0.4, -0.2) is 17.2 Å². The molecule has 0 fully saturated rings. The maximum absolute atomic E-state index is 5.50. The summed E-state index contributed by atoms with van der Waals surface area (Å²) in [5.74, 6) is 0.563. The van der Waals surface area contributed by atoms with Crippen LogP contribution in [0.1, 0.15) is 10.6 Å². The van der Waals surface area contributed by atoms with Gasteiger partial charge in [0.25, 0.3) is 0 Å². The van der Waals surface area contributed by atoms with E-state index in [1.54, 1.807) is 11.3 Å². The van der Waals surface area contributed by atoms with Crippen LogP contribution in [0.15, 0.2) is 29.6 Å². The zero-order valence-corrected chi connectivity index (χ0v) is 9.83. The Morgan fingerprint density at radius 1 is 1.31 bits per heavy atom. The number of ether oxygens (including phenoxy) is 1. The lowest BCUT2D eigenvalue weighted by Gasteiger charge is -2.03. The van der Waals surface area contributed by atoms with E-state index in [1.165, 1.54) is 4.88 Å². The van der Waals surface area contributed by atoms with Gasteiger partial charge in [0.15, 0.2) is 0 Å². The van der Waals surface area contributed by atoms with Gasteiger partial charge < -0.3 is 10.1 Å². The van der Waals surface area contributed by atoms with Crippen molar-refractivity contribution in [1.82, 2.24) is 15.5 Å². The van der Waals surface area contributed by atoms with E-state index in [0.717, 1.165) is 12.2 Å². The first-order valence-electron chi connectivity index (χ1n) is 5.01. The molecule has 0 aliphatic heterocycles. The van der Waals surface area contributed by atoms with E-state index < -0.39 is 0 Å². The van der Waals surface area contributed by atoms with Gasteiger partial charge in [-0.3, -0.25) is 0 Å². The number of nitrogens with zero attached hydrogens (tertiary/aromatic N) is 2. The summed E-state index contributed by atoms with van der Waals surface area (Å²) in [6, 6.07) is 7.79. The van der Waals surface area contributed by atoms with E-state index in [0.29, 0.717) is 12.5 Å². The summed E-state index contributed by atoms with van der Waals surface area (Å²) in [4.78, 5) is 1.18. The molecule has 2 aromatic rings. The second-order valence-corrected chi connectivity index (χ2v) is 4.29. The number of hydrogen-bond acceptors (Lipinski definition) is 5. The van der Waals surface area contributed by atoms with Crippen molar-refractivity contribution in [3.8, 4) is 5.88 Å². The lowest BCUT2D eigenvalue weighted by Crippen LogP contribution is -2.08. The summed E-state index contributed by atoms with van der Waals surface area (Å²) in [5.41, 5.74) is 0.908. The number of hydrogen-bond donors (Lipinski definition) is 1. The molecule has 0 saturated heterocycles. The summed E-state index contributed by atoms with van der Waals surface area (Å²) < 4.78 is 5.50. The third-order valence-corrected chi connectivity index (χ3v) is 2.85. The molecule has 1 N–H and O–H groups in total. The molecule has 2 heterocycles. The first-order valence-corrected chi connectivity index (χ1v) is 5.89. The molecule has 4 nitrogen and oxygen atoms in total. The Labute approximate surface area is 98.3 Å². The molecule has 16 heavy (non-hydrogen) atoms. The molecule has 0 aliphatic rings. The summed E-state index contributed by atoms with van der Waals surface area (Å²) in [6.07, 6.45) is 0. The van der Waals surface area contributed by atoms with Gasteiger partial charge >= 0.3 is 0 Å². The van der Waals surface area contributed by atoms with Crippen molar-refractivity contribution in [2.75, 3.05) is 7.05 Å². The minimum atomic E-state index is 0.553. The maximum atomic E-state index is 5.50. The van der Waals surface area contributed by atoms with Crippen molar-refractivity contribution in [3.63, 3.8) is 0 Å². The molecule has 0 spiro atoms. The highest BCUT2D eigenvalue weighted by atomic mass is 32.1. The molecule has 0 atom stereocenters. The second-order valence-electron chi connectivity index (χ2n) is 3.26. The number of aromatic nitrogens is 2. The van der Waals surface area contributed by atoms with Gasteiger partial charge in [-0.2, -0.15) is 5.10 Å². The van der Waals surface area contributed by atoms with Gasteiger partial charge in [-0.05, 0) is 24.6 Å². The Hall–Kier alpha value is -1.46. The third kappa shape index (κ3) is 3.01. The van der Waals surface area contributed by atoms with Crippen LogP contribution >= 0.6 is 11.3 Å².